The lowest BCUT2D eigenvalue weighted by Crippen LogP contribution is -2.21. The van der Waals surface area contributed by atoms with Gasteiger partial charge in [-0.25, -0.2) is 8.42 Å². The maximum atomic E-state index is 12.7. The van der Waals surface area contributed by atoms with Crippen LogP contribution in [0.15, 0.2) is 17.0 Å². The molecule has 0 aliphatic rings. The Kier molecular flexibility index (Phi) is 4.38. The monoisotopic (exact) mass is 438 g/mol. The van der Waals surface area contributed by atoms with Crippen LogP contribution in [0.3, 0.4) is 0 Å². The number of halogens is 8. The minimum absolute atomic E-state index is 0.391. The lowest BCUT2D eigenvalue weighted by molar-refractivity contribution is -0.164. The van der Waals surface area contributed by atoms with Gasteiger partial charge in [-0.05, 0) is 34.7 Å². The molecule has 1 rings (SSSR count). The van der Waals surface area contributed by atoms with Gasteiger partial charge < -0.3 is 0 Å². The predicted molar refractivity (Wildman–Crippen MR) is 62.2 cm³/mol. The van der Waals surface area contributed by atoms with E-state index in [1.54, 1.807) is 0 Å². The molecule has 0 aliphatic heterocycles. The Bertz CT molecular complexity index is 607. The molecule has 0 spiro atoms. The fourth-order valence-electron chi connectivity index (χ4n) is 1.32. The molecule has 0 unspecified atom stereocenters. The zero-order valence-corrected chi connectivity index (χ0v) is 12.1. The van der Waals surface area contributed by atoms with E-state index in [-0.39, 0.29) is 0 Å². The molecule has 0 aliphatic carbocycles. The van der Waals surface area contributed by atoms with Crippen molar-refractivity contribution in [2.45, 2.75) is 17.2 Å². The molecule has 0 aromatic heterocycles. The minimum atomic E-state index is -5.51. The summed E-state index contributed by atoms with van der Waals surface area (Å²) in [5.74, 6) is 0. The smallest absolute Gasteiger partial charge is 0.207 e. The normalized spacial score (nSPS) is 13.7. The fraction of sp³-hybridized carbons (Fsp3) is 0.250. The van der Waals surface area contributed by atoms with E-state index in [9.17, 15) is 34.8 Å². The number of rotatable bonds is 1. The molecule has 0 heterocycles. The van der Waals surface area contributed by atoms with Gasteiger partial charge in [0.2, 0.25) is 0 Å². The standard InChI is InChI=1S/C8H2ClF6IO2S/c9-19(17,18)4-2-1-3(16)5(7(10,11)12)6(4)8(13,14)15/h1-2H. The summed E-state index contributed by atoms with van der Waals surface area (Å²) in [6.07, 6.45) is -10.9. The first-order valence-electron chi connectivity index (χ1n) is 4.18. The molecule has 108 valence electrons. The van der Waals surface area contributed by atoms with Gasteiger partial charge in [-0.1, -0.05) is 0 Å². The third kappa shape index (κ3) is 3.66. The van der Waals surface area contributed by atoms with Gasteiger partial charge >= 0.3 is 12.4 Å². The molecule has 1 aromatic carbocycles. The number of benzene rings is 1. The van der Waals surface area contributed by atoms with Gasteiger partial charge in [0.05, 0.1) is 16.0 Å². The number of alkyl halides is 6. The van der Waals surface area contributed by atoms with Crippen molar-refractivity contribution >= 4 is 42.3 Å². The van der Waals surface area contributed by atoms with Crippen LogP contribution >= 0.6 is 33.3 Å². The molecule has 0 fully saturated rings. The first-order chi connectivity index (χ1) is 8.26. The Balaban J connectivity index is 3.93. The van der Waals surface area contributed by atoms with Gasteiger partial charge in [-0.3, -0.25) is 0 Å². The van der Waals surface area contributed by atoms with Crippen LogP contribution < -0.4 is 0 Å². The second kappa shape index (κ2) is 4.95. The first kappa shape index (κ1) is 16.8. The van der Waals surface area contributed by atoms with E-state index in [2.05, 4.69) is 0 Å². The summed E-state index contributed by atoms with van der Waals surface area (Å²) in [4.78, 5) is -1.62. The Hall–Kier alpha value is -0.230. The molecule has 0 bridgehead atoms. The highest BCUT2D eigenvalue weighted by Gasteiger charge is 2.48. The summed E-state index contributed by atoms with van der Waals surface area (Å²) in [6, 6.07) is 0.996. The van der Waals surface area contributed by atoms with Gasteiger partial charge in [-0.2, -0.15) is 26.3 Å². The van der Waals surface area contributed by atoms with Crippen molar-refractivity contribution in [3.8, 4) is 0 Å². The zero-order valence-electron chi connectivity index (χ0n) is 8.40. The zero-order chi connectivity index (χ0) is 15.2. The lowest BCUT2D eigenvalue weighted by Gasteiger charge is -2.19. The van der Waals surface area contributed by atoms with E-state index >= 15 is 0 Å². The molecule has 11 heteroatoms. The molecule has 0 N–H and O–H groups in total. The van der Waals surface area contributed by atoms with Gasteiger partial charge in [0.15, 0.2) is 0 Å². The maximum Gasteiger partial charge on any atom is 0.418 e. The molecule has 0 saturated heterocycles. The molecule has 1 aromatic rings. The lowest BCUT2D eigenvalue weighted by atomic mass is 10.1. The second-order valence-corrected chi connectivity index (χ2v) is 6.93. The van der Waals surface area contributed by atoms with Crippen molar-refractivity contribution in [2.75, 3.05) is 0 Å². The average molecular weight is 439 g/mol. The molecule has 2 nitrogen and oxygen atoms in total. The highest BCUT2D eigenvalue weighted by Crippen LogP contribution is 2.45. The van der Waals surface area contributed by atoms with Gasteiger partial charge in [0, 0.05) is 14.3 Å². The van der Waals surface area contributed by atoms with E-state index in [4.69, 9.17) is 10.7 Å². The summed E-state index contributed by atoms with van der Waals surface area (Å²) < 4.78 is 97.4. The fourth-order valence-corrected chi connectivity index (χ4v) is 3.15. The maximum absolute atomic E-state index is 12.7. The Morgan fingerprint density at radius 3 is 1.68 bits per heavy atom. The van der Waals surface area contributed by atoms with Crippen LogP contribution in [0.5, 0.6) is 0 Å². The first-order valence-corrected chi connectivity index (χ1v) is 7.56. The Morgan fingerprint density at radius 1 is 0.947 bits per heavy atom. The van der Waals surface area contributed by atoms with E-state index in [0.717, 1.165) is 22.6 Å². The topological polar surface area (TPSA) is 34.1 Å². The van der Waals surface area contributed by atoms with Crippen molar-refractivity contribution in [3.05, 3.63) is 26.8 Å². The molecular weight excluding hydrogens is 436 g/mol. The molecule has 0 amide bonds. The molecule has 19 heavy (non-hydrogen) atoms. The van der Waals surface area contributed by atoms with Crippen molar-refractivity contribution in [1.29, 1.82) is 0 Å². The van der Waals surface area contributed by atoms with Gasteiger partial charge in [0.1, 0.15) is 0 Å². The largest absolute Gasteiger partial charge is 0.418 e. The van der Waals surface area contributed by atoms with Crippen molar-refractivity contribution in [1.82, 2.24) is 0 Å². The highest BCUT2D eigenvalue weighted by molar-refractivity contribution is 14.1. The van der Waals surface area contributed by atoms with Gasteiger partial charge in [-0.15, -0.1) is 0 Å². The van der Waals surface area contributed by atoms with E-state index in [0.29, 0.717) is 12.1 Å². The Morgan fingerprint density at radius 2 is 1.37 bits per heavy atom. The van der Waals surface area contributed by atoms with Crippen LogP contribution in [0.25, 0.3) is 0 Å². The summed E-state index contributed by atoms with van der Waals surface area (Å²) in [5, 5.41) is 0. The average Bonchev–Trinajstić information content (AvgIpc) is 2.11. The van der Waals surface area contributed by atoms with Crippen LogP contribution in [-0.2, 0) is 21.4 Å². The van der Waals surface area contributed by atoms with Gasteiger partial charge in [0.25, 0.3) is 9.05 Å². The van der Waals surface area contributed by atoms with Crippen molar-refractivity contribution < 1.29 is 34.8 Å². The van der Waals surface area contributed by atoms with E-state index < -0.39 is 41.0 Å². The molecule has 0 atom stereocenters. The molecule has 0 saturated carbocycles. The highest BCUT2D eigenvalue weighted by atomic mass is 127. The Labute approximate surface area is 121 Å². The molecule has 0 radical (unpaired) electrons. The third-order valence-corrected chi connectivity index (χ3v) is 4.21. The summed E-state index contributed by atoms with van der Waals surface area (Å²) in [5.41, 5.74) is -4.37. The summed E-state index contributed by atoms with van der Waals surface area (Å²) in [7, 11) is -0.221. The van der Waals surface area contributed by atoms with Crippen LogP contribution in [-0.4, -0.2) is 8.42 Å². The minimum Gasteiger partial charge on any atom is -0.207 e. The summed E-state index contributed by atoms with van der Waals surface area (Å²) in [6.45, 7) is 0. The van der Waals surface area contributed by atoms with Crippen molar-refractivity contribution in [3.63, 3.8) is 0 Å². The number of hydrogen-bond donors (Lipinski definition) is 0. The van der Waals surface area contributed by atoms with Crippen molar-refractivity contribution in [2.24, 2.45) is 0 Å². The van der Waals surface area contributed by atoms with Crippen LogP contribution in [0.2, 0.25) is 0 Å². The van der Waals surface area contributed by atoms with Crippen LogP contribution in [0.1, 0.15) is 11.1 Å². The van der Waals surface area contributed by atoms with Crippen LogP contribution in [0, 0.1) is 3.57 Å². The SMILES string of the molecule is O=S(=O)(Cl)c1ccc(I)c(C(F)(F)F)c1C(F)(F)F. The summed E-state index contributed by atoms with van der Waals surface area (Å²) >= 11 is 1.04. The van der Waals surface area contributed by atoms with Crippen LogP contribution in [0.4, 0.5) is 26.3 Å². The molecular formula is C8H2ClF6IO2S. The van der Waals surface area contributed by atoms with E-state index in [1.165, 1.54) is 0 Å². The third-order valence-electron chi connectivity index (χ3n) is 1.95. The predicted octanol–water partition coefficient (Wildman–Crippen LogP) is 4.26. The van der Waals surface area contributed by atoms with E-state index in [1.807, 2.05) is 0 Å². The number of hydrogen-bond acceptors (Lipinski definition) is 2. The quantitative estimate of drug-likeness (QED) is 0.373. The second-order valence-electron chi connectivity index (χ2n) is 3.23.